The van der Waals surface area contributed by atoms with Crippen LogP contribution in [0.5, 0.6) is 0 Å². The molecule has 2 aliphatic heterocycles. The molecule has 3 atom stereocenters. The van der Waals surface area contributed by atoms with E-state index in [9.17, 15) is 28.5 Å². The van der Waals surface area contributed by atoms with Crippen LogP contribution in [0.15, 0.2) is 11.5 Å². The van der Waals surface area contributed by atoms with E-state index >= 15 is 0 Å². The summed E-state index contributed by atoms with van der Waals surface area (Å²) in [6.45, 7) is 0. The van der Waals surface area contributed by atoms with Crippen LogP contribution in [-0.4, -0.2) is 53.0 Å². The molecule has 102 valence electrons. The first-order valence-corrected chi connectivity index (χ1v) is 5.55. The summed E-state index contributed by atoms with van der Waals surface area (Å²) in [7, 11) is -4.86. The molecular formula is C6H6O11S. The largest absolute Gasteiger partial charge is 0.505 e. The van der Waals surface area contributed by atoms with E-state index in [4.69, 9.17) is 5.11 Å². The zero-order valence-corrected chi connectivity index (χ0v) is 9.03. The molecule has 0 saturated carbocycles. The molecule has 18 heavy (non-hydrogen) atoms. The summed E-state index contributed by atoms with van der Waals surface area (Å²) in [4.78, 5) is 14.7. The molecule has 1 saturated heterocycles. The maximum absolute atomic E-state index is 10.9. The quantitative estimate of drug-likeness (QED) is 0.296. The lowest BCUT2D eigenvalue weighted by molar-refractivity contribution is -0.427. The Morgan fingerprint density at radius 1 is 1.28 bits per heavy atom. The van der Waals surface area contributed by atoms with Crippen LogP contribution in [0.4, 0.5) is 0 Å². The van der Waals surface area contributed by atoms with E-state index in [1.807, 2.05) is 0 Å². The number of carbonyl (C=O) groups is 1. The fraction of sp³-hybridized carbons (Fsp3) is 0.500. The van der Waals surface area contributed by atoms with Gasteiger partial charge in [0.25, 0.3) is 12.1 Å². The molecule has 4 N–H and O–H groups in total. The van der Waals surface area contributed by atoms with E-state index in [0.717, 1.165) is 0 Å². The second-order valence-electron chi connectivity index (χ2n) is 3.28. The molecule has 12 heteroatoms. The van der Waals surface area contributed by atoms with Crippen LogP contribution in [0.2, 0.25) is 0 Å². The van der Waals surface area contributed by atoms with E-state index in [0.29, 0.717) is 0 Å². The maximum Gasteiger partial charge on any atom is 0.429 e. The van der Waals surface area contributed by atoms with Crippen LogP contribution in [0.25, 0.3) is 0 Å². The minimum absolute atomic E-state index is 1.23. The van der Waals surface area contributed by atoms with Gasteiger partial charge in [-0.15, -0.1) is 0 Å². The second kappa shape index (κ2) is 3.78. The molecule has 0 bridgehead atoms. The molecule has 0 aromatic rings. The van der Waals surface area contributed by atoms with Crippen LogP contribution < -0.4 is 0 Å². The van der Waals surface area contributed by atoms with E-state index in [2.05, 4.69) is 18.1 Å². The molecule has 0 spiro atoms. The number of hydrogen-bond donors (Lipinski definition) is 4. The molecule has 1 unspecified atom stereocenters. The van der Waals surface area contributed by atoms with Crippen molar-refractivity contribution in [2.24, 2.45) is 0 Å². The average Bonchev–Trinajstić information content (AvgIpc) is 2.52. The number of rotatable bonds is 1. The Labute approximate surface area is 98.6 Å². The van der Waals surface area contributed by atoms with Crippen LogP contribution in [0.1, 0.15) is 0 Å². The number of esters is 1. The van der Waals surface area contributed by atoms with Crippen molar-refractivity contribution in [1.29, 1.82) is 0 Å². The van der Waals surface area contributed by atoms with Crippen LogP contribution in [0, 0.1) is 0 Å². The van der Waals surface area contributed by atoms with Crippen molar-refractivity contribution in [1.82, 2.24) is 0 Å². The Balaban J connectivity index is 2.40. The molecule has 1 fully saturated rings. The van der Waals surface area contributed by atoms with Gasteiger partial charge in [0.2, 0.25) is 11.9 Å². The van der Waals surface area contributed by atoms with E-state index in [-0.39, 0.29) is 0 Å². The number of cyclic esters (lactones) is 1. The summed E-state index contributed by atoms with van der Waals surface area (Å²) in [5.74, 6) is -7.16. The number of carbonyl (C=O) groups excluding carboxylic acids is 1. The smallest absolute Gasteiger partial charge is 0.429 e. The maximum atomic E-state index is 10.9. The highest BCUT2D eigenvalue weighted by molar-refractivity contribution is 7.81. The van der Waals surface area contributed by atoms with Crippen molar-refractivity contribution in [2.75, 3.05) is 0 Å². The van der Waals surface area contributed by atoms with Gasteiger partial charge in [0.05, 0.1) is 0 Å². The Morgan fingerprint density at radius 2 is 1.89 bits per heavy atom. The van der Waals surface area contributed by atoms with Crippen LogP contribution in [0.3, 0.4) is 0 Å². The minimum atomic E-state index is -4.86. The Hall–Kier alpha value is -1.44. The normalized spacial score (nSPS) is 39.8. The summed E-state index contributed by atoms with van der Waals surface area (Å²) < 4.78 is 33.6. The fourth-order valence-corrected chi connectivity index (χ4v) is 1.97. The molecule has 0 aromatic carbocycles. The summed E-state index contributed by atoms with van der Waals surface area (Å²) in [5.41, 5.74) is 0. The Morgan fingerprint density at radius 3 is 2.39 bits per heavy atom. The van der Waals surface area contributed by atoms with Crippen LogP contribution in [-0.2, 0) is 33.3 Å². The van der Waals surface area contributed by atoms with Gasteiger partial charge >= 0.3 is 16.4 Å². The van der Waals surface area contributed by atoms with Gasteiger partial charge in [-0.05, 0) is 0 Å². The lowest BCUT2D eigenvalue weighted by atomic mass is 10.1. The number of aliphatic hydroxyl groups excluding tert-OH is 3. The molecule has 0 aliphatic carbocycles. The summed E-state index contributed by atoms with van der Waals surface area (Å²) in [5, 5.41) is 37.2. The lowest BCUT2D eigenvalue weighted by Crippen LogP contribution is -2.60. The van der Waals surface area contributed by atoms with Gasteiger partial charge in [0.1, 0.15) is 0 Å². The van der Waals surface area contributed by atoms with Crippen molar-refractivity contribution in [3.05, 3.63) is 11.5 Å². The first-order chi connectivity index (χ1) is 8.17. The first-order valence-electron chi connectivity index (χ1n) is 4.21. The third-order valence-electron chi connectivity index (χ3n) is 2.09. The predicted molar refractivity (Wildman–Crippen MR) is 45.3 cm³/mol. The summed E-state index contributed by atoms with van der Waals surface area (Å²) >= 11 is 0. The van der Waals surface area contributed by atoms with Gasteiger partial charge in [0.15, 0.2) is 5.76 Å². The highest BCUT2D eigenvalue weighted by Gasteiger charge is 2.61. The summed E-state index contributed by atoms with van der Waals surface area (Å²) in [6, 6.07) is 0. The van der Waals surface area contributed by atoms with Gasteiger partial charge < -0.3 is 25.2 Å². The number of aliphatic hydroxyl groups is 4. The first kappa shape index (κ1) is 13.0. The summed E-state index contributed by atoms with van der Waals surface area (Å²) in [6.07, 6.45) is -4.65. The minimum Gasteiger partial charge on any atom is -0.505 e. The predicted octanol–water partition coefficient (Wildman–Crippen LogP) is -2.53. The Bertz CT molecular complexity index is 520. The lowest BCUT2D eigenvalue weighted by Gasteiger charge is -2.35. The fourth-order valence-electron chi connectivity index (χ4n) is 1.27. The molecule has 0 amide bonds. The Kier molecular flexibility index (Phi) is 2.73. The highest BCUT2D eigenvalue weighted by Crippen LogP contribution is 2.35. The molecule has 0 aromatic heterocycles. The van der Waals surface area contributed by atoms with E-state index in [1.165, 1.54) is 0 Å². The zero-order valence-electron chi connectivity index (χ0n) is 8.21. The molecule has 2 heterocycles. The van der Waals surface area contributed by atoms with E-state index in [1.54, 1.807) is 0 Å². The monoisotopic (exact) mass is 286 g/mol. The van der Waals surface area contributed by atoms with Crippen molar-refractivity contribution in [3.63, 3.8) is 0 Å². The molecular weight excluding hydrogens is 280 g/mol. The molecule has 0 radical (unpaired) electrons. The zero-order chi connectivity index (χ0) is 13.7. The van der Waals surface area contributed by atoms with Crippen molar-refractivity contribution in [2.45, 2.75) is 18.2 Å². The van der Waals surface area contributed by atoms with Gasteiger partial charge in [-0.3, -0.25) is 0 Å². The average molecular weight is 286 g/mol. The number of ether oxygens (including phenoxy) is 1. The van der Waals surface area contributed by atoms with Gasteiger partial charge in [-0.2, -0.15) is 13.3 Å². The topological polar surface area (TPSA) is 169 Å². The molecule has 11 nitrogen and oxygen atoms in total. The van der Waals surface area contributed by atoms with Crippen molar-refractivity contribution >= 4 is 16.4 Å². The standard InChI is InChI=1S/C6H6O11S/c7-1-2(8)4(9)14-3(1)6(11)5(10)15-17-18(12,13)16-6/h3,5,7-8,10-11H/t3-,5?,6-/m0/s1. The second-order valence-corrected chi connectivity index (χ2v) is 4.40. The molecule has 2 rings (SSSR count). The highest BCUT2D eigenvalue weighted by atomic mass is 32.3. The third kappa shape index (κ3) is 1.80. The van der Waals surface area contributed by atoms with Crippen molar-refractivity contribution < 1.29 is 51.8 Å². The van der Waals surface area contributed by atoms with Crippen molar-refractivity contribution in [3.8, 4) is 0 Å². The van der Waals surface area contributed by atoms with E-state index < -0.39 is 46.1 Å². The van der Waals surface area contributed by atoms with Gasteiger partial charge in [-0.1, -0.05) is 4.33 Å². The van der Waals surface area contributed by atoms with Gasteiger partial charge in [0, 0.05) is 0 Å². The SMILES string of the molecule is O=C1O[C@H]([C@]2(O)OS(=O)(=O)OOC2O)C(O)=C1O. The van der Waals surface area contributed by atoms with Gasteiger partial charge in [-0.25, -0.2) is 8.98 Å². The molecule has 2 aliphatic rings. The third-order valence-corrected chi connectivity index (χ3v) is 2.80. The number of hydrogen-bond acceptors (Lipinski definition) is 11. The van der Waals surface area contributed by atoms with Crippen LogP contribution >= 0.6 is 0 Å².